The van der Waals surface area contributed by atoms with Crippen LogP contribution in [-0.2, 0) is 10.0 Å². The number of sulfonamides is 1. The SMILES string of the molecule is CS(=O)(=O)NN1C(=O)c2ccccc2NC12CCCCC2. The van der Waals surface area contributed by atoms with Crippen molar-refractivity contribution in [2.75, 3.05) is 11.6 Å². The maximum absolute atomic E-state index is 12.7. The Kier molecular flexibility index (Phi) is 3.41. The lowest BCUT2D eigenvalue weighted by Gasteiger charge is -2.49. The smallest absolute Gasteiger partial charge is 0.273 e. The van der Waals surface area contributed by atoms with E-state index in [1.54, 1.807) is 12.1 Å². The average Bonchev–Trinajstić information content (AvgIpc) is 2.44. The minimum atomic E-state index is -3.52. The average molecular weight is 309 g/mol. The standard InChI is InChI=1S/C14H19N3O3S/c1-21(19,20)16-17-13(18)11-7-3-4-8-12(11)15-14(17)9-5-2-6-10-14/h3-4,7-8,15-16H,2,5-6,9-10H2,1H3. The van der Waals surface area contributed by atoms with Crippen LogP contribution in [0.1, 0.15) is 42.5 Å². The highest BCUT2D eigenvalue weighted by Gasteiger charge is 2.46. The van der Waals surface area contributed by atoms with Crippen LogP contribution < -0.4 is 10.1 Å². The second-order valence-electron chi connectivity index (χ2n) is 5.77. The number of amides is 1. The fourth-order valence-corrected chi connectivity index (χ4v) is 3.77. The number of benzene rings is 1. The number of carbonyl (C=O) groups excluding carboxylic acids is 1. The maximum Gasteiger partial charge on any atom is 0.273 e. The summed E-state index contributed by atoms with van der Waals surface area (Å²) >= 11 is 0. The molecule has 114 valence electrons. The van der Waals surface area contributed by atoms with Crippen molar-refractivity contribution in [1.82, 2.24) is 9.84 Å². The maximum atomic E-state index is 12.7. The molecule has 0 atom stereocenters. The summed E-state index contributed by atoms with van der Waals surface area (Å²) in [5.41, 5.74) is 0.605. The number of hydrogen-bond acceptors (Lipinski definition) is 4. The molecule has 2 aliphatic rings. The van der Waals surface area contributed by atoms with Gasteiger partial charge in [-0.3, -0.25) is 4.79 Å². The molecule has 6 nitrogen and oxygen atoms in total. The molecular formula is C14H19N3O3S. The van der Waals surface area contributed by atoms with E-state index in [1.165, 1.54) is 5.01 Å². The van der Waals surface area contributed by atoms with E-state index in [0.717, 1.165) is 44.0 Å². The van der Waals surface area contributed by atoms with Crippen LogP contribution in [0.4, 0.5) is 5.69 Å². The van der Waals surface area contributed by atoms with E-state index in [4.69, 9.17) is 0 Å². The summed E-state index contributed by atoms with van der Waals surface area (Å²) in [7, 11) is -3.52. The normalized spacial score (nSPS) is 21.0. The van der Waals surface area contributed by atoms with Gasteiger partial charge < -0.3 is 5.32 Å². The third kappa shape index (κ3) is 2.63. The molecule has 0 radical (unpaired) electrons. The van der Waals surface area contributed by atoms with Gasteiger partial charge in [0, 0.05) is 5.69 Å². The second-order valence-corrected chi connectivity index (χ2v) is 7.49. The summed E-state index contributed by atoms with van der Waals surface area (Å²) in [6.07, 6.45) is 5.56. The Morgan fingerprint density at radius 1 is 1.19 bits per heavy atom. The Balaban J connectivity index is 2.06. The highest BCUT2D eigenvalue weighted by molar-refractivity contribution is 7.88. The van der Waals surface area contributed by atoms with Gasteiger partial charge in [-0.1, -0.05) is 18.6 Å². The fraction of sp³-hybridized carbons (Fsp3) is 0.500. The zero-order valence-electron chi connectivity index (χ0n) is 11.9. The Hall–Kier alpha value is -1.60. The zero-order valence-corrected chi connectivity index (χ0v) is 12.7. The minimum absolute atomic E-state index is 0.295. The molecule has 1 spiro atoms. The van der Waals surface area contributed by atoms with Gasteiger partial charge in [-0.15, -0.1) is 4.83 Å². The van der Waals surface area contributed by atoms with Crippen molar-refractivity contribution >= 4 is 21.6 Å². The first-order valence-electron chi connectivity index (χ1n) is 7.11. The van der Waals surface area contributed by atoms with Crippen LogP contribution in [0.3, 0.4) is 0 Å². The van der Waals surface area contributed by atoms with Gasteiger partial charge in [-0.25, -0.2) is 13.4 Å². The minimum Gasteiger partial charge on any atom is -0.361 e. The van der Waals surface area contributed by atoms with Gasteiger partial charge >= 0.3 is 0 Å². The first-order chi connectivity index (χ1) is 9.91. The van der Waals surface area contributed by atoms with Gasteiger partial charge in [0.1, 0.15) is 5.66 Å². The molecule has 3 rings (SSSR count). The monoisotopic (exact) mass is 309 g/mol. The van der Waals surface area contributed by atoms with Crippen molar-refractivity contribution in [3.63, 3.8) is 0 Å². The largest absolute Gasteiger partial charge is 0.361 e. The van der Waals surface area contributed by atoms with Crippen LogP contribution in [0.15, 0.2) is 24.3 Å². The molecule has 2 N–H and O–H groups in total. The molecule has 1 heterocycles. The highest BCUT2D eigenvalue weighted by Crippen LogP contribution is 2.39. The number of para-hydroxylation sites is 1. The molecule has 21 heavy (non-hydrogen) atoms. The first kappa shape index (κ1) is 14.3. The Morgan fingerprint density at radius 3 is 2.52 bits per heavy atom. The van der Waals surface area contributed by atoms with Crippen LogP contribution in [0.2, 0.25) is 0 Å². The Bertz CT molecular complexity index is 666. The van der Waals surface area contributed by atoms with E-state index in [-0.39, 0.29) is 5.91 Å². The van der Waals surface area contributed by atoms with Crippen LogP contribution in [-0.4, -0.2) is 31.3 Å². The van der Waals surface area contributed by atoms with Crippen molar-refractivity contribution in [3.05, 3.63) is 29.8 Å². The van der Waals surface area contributed by atoms with Crippen molar-refractivity contribution in [1.29, 1.82) is 0 Å². The van der Waals surface area contributed by atoms with E-state index >= 15 is 0 Å². The molecule has 0 saturated heterocycles. The molecule has 0 unspecified atom stereocenters. The van der Waals surface area contributed by atoms with Crippen LogP contribution in [0, 0.1) is 0 Å². The van der Waals surface area contributed by atoms with Gasteiger partial charge in [0.2, 0.25) is 10.0 Å². The quantitative estimate of drug-likeness (QED) is 0.871. The first-order valence-corrected chi connectivity index (χ1v) is 9.00. The van der Waals surface area contributed by atoms with Gasteiger partial charge in [-0.05, 0) is 37.8 Å². The molecule has 1 saturated carbocycles. The fourth-order valence-electron chi connectivity index (χ4n) is 3.18. The van der Waals surface area contributed by atoms with Gasteiger partial charge in [0.15, 0.2) is 0 Å². The number of nitrogens with zero attached hydrogens (tertiary/aromatic N) is 1. The molecule has 1 aromatic rings. The van der Waals surface area contributed by atoms with E-state index in [1.807, 2.05) is 12.1 Å². The number of rotatable bonds is 2. The van der Waals surface area contributed by atoms with Gasteiger partial charge in [-0.2, -0.15) is 0 Å². The molecule has 1 aromatic carbocycles. The lowest BCUT2D eigenvalue weighted by Crippen LogP contribution is -2.66. The van der Waals surface area contributed by atoms with Crippen molar-refractivity contribution in [3.8, 4) is 0 Å². The molecule has 1 amide bonds. The number of fused-ring (bicyclic) bond motifs is 1. The number of nitrogens with one attached hydrogen (secondary N) is 2. The molecular weight excluding hydrogens is 290 g/mol. The Morgan fingerprint density at radius 2 is 1.86 bits per heavy atom. The molecule has 1 fully saturated rings. The lowest BCUT2D eigenvalue weighted by atomic mass is 9.86. The molecule has 7 heteroatoms. The summed E-state index contributed by atoms with van der Waals surface area (Å²) in [4.78, 5) is 15.1. The summed E-state index contributed by atoms with van der Waals surface area (Å²) in [6.45, 7) is 0. The highest BCUT2D eigenvalue weighted by atomic mass is 32.2. The lowest BCUT2D eigenvalue weighted by molar-refractivity contribution is 0.0304. The van der Waals surface area contributed by atoms with Crippen molar-refractivity contribution in [2.24, 2.45) is 0 Å². The summed E-state index contributed by atoms with van der Waals surface area (Å²) in [6, 6.07) is 7.21. The van der Waals surface area contributed by atoms with E-state index in [9.17, 15) is 13.2 Å². The topological polar surface area (TPSA) is 78.5 Å². The van der Waals surface area contributed by atoms with Crippen LogP contribution in [0.5, 0.6) is 0 Å². The third-order valence-electron chi connectivity index (χ3n) is 4.09. The van der Waals surface area contributed by atoms with Crippen LogP contribution >= 0.6 is 0 Å². The van der Waals surface area contributed by atoms with Gasteiger partial charge in [0.05, 0.1) is 11.8 Å². The predicted octanol–water partition coefficient (Wildman–Crippen LogP) is 1.68. The van der Waals surface area contributed by atoms with Gasteiger partial charge in [0.25, 0.3) is 5.91 Å². The zero-order chi connectivity index (χ0) is 15.1. The summed E-state index contributed by atoms with van der Waals surface area (Å²) < 4.78 is 23.3. The Labute approximate surface area is 124 Å². The number of hydrazine groups is 1. The number of carbonyl (C=O) groups is 1. The number of hydrogen-bond donors (Lipinski definition) is 2. The van der Waals surface area contributed by atoms with E-state index in [2.05, 4.69) is 10.1 Å². The molecule has 1 aliphatic heterocycles. The van der Waals surface area contributed by atoms with Crippen molar-refractivity contribution < 1.29 is 13.2 Å². The number of anilines is 1. The third-order valence-corrected chi connectivity index (χ3v) is 4.61. The van der Waals surface area contributed by atoms with E-state index < -0.39 is 15.7 Å². The summed E-state index contributed by atoms with van der Waals surface area (Å²) in [5.74, 6) is -0.295. The van der Waals surface area contributed by atoms with E-state index in [0.29, 0.717) is 5.56 Å². The predicted molar refractivity (Wildman–Crippen MR) is 80.0 cm³/mol. The molecule has 0 bridgehead atoms. The van der Waals surface area contributed by atoms with Crippen LogP contribution in [0.25, 0.3) is 0 Å². The molecule has 0 aromatic heterocycles. The second kappa shape index (κ2) is 4.99. The molecule has 1 aliphatic carbocycles. The van der Waals surface area contributed by atoms with Crippen molar-refractivity contribution in [2.45, 2.75) is 37.8 Å². The summed E-state index contributed by atoms with van der Waals surface area (Å²) in [5, 5.41) is 4.68.